The van der Waals surface area contributed by atoms with Gasteiger partial charge in [-0.05, 0) is 27.8 Å². The summed E-state index contributed by atoms with van der Waals surface area (Å²) in [6.45, 7) is 6.59. The summed E-state index contributed by atoms with van der Waals surface area (Å²) >= 11 is 0. The first kappa shape index (κ1) is 13.8. The molecule has 0 aliphatic rings. The lowest BCUT2D eigenvalue weighted by atomic mass is 9.87. The number of aromatic amines is 1. The molecule has 0 aliphatic carbocycles. The number of benzene rings is 1. The molecule has 2 aromatic rings. The first-order valence-corrected chi connectivity index (χ1v) is 5.39. The van der Waals surface area contributed by atoms with Crippen molar-refractivity contribution >= 4 is 0 Å². The molecule has 0 spiro atoms. The molecule has 2 rings (SSSR count). The normalized spacial score (nSPS) is 10.8. The van der Waals surface area contributed by atoms with Crippen LogP contribution >= 0.6 is 0 Å². The Kier molecular flexibility index (Phi) is 4.34. The molecule has 0 radical (unpaired) electrons. The second-order valence-electron chi connectivity index (χ2n) is 4.84. The molecule has 0 saturated heterocycles. The lowest BCUT2D eigenvalue weighted by Gasteiger charge is -2.18. The van der Waals surface area contributed by atoms with E-state index in [-0.39, 0.29) is 22.4 Å². The number of imidazole rings is 1. The lowest BCUT2D eigenvalue weighted by molar-refractivity contribution is -0.874. The third kappa shape index (κ3) is 3.60. The molecule has 0 bridgehead atoms. The van der Waals surface area contributed by atoms with Gasteiger partial charge in [-0.15, -0.1) is 0 Å². The Hall–Kier alpha value is -1.29. The predicted molar refractivity (Wildman–Crippen MR) is 62.2 cm³/mol. The van der Waals surface area contributed by atoms with Crippen molar-refractivity contribution in [2.75, 3.05) is 0 Å². The van der Waals surface area contributed by atoms with Gasteiger partial charge in [-0.1, -0.05) is 32.9 Å². The van der Waals surface area contributed by atoms with Crippen LogP contribution in [0.25, 0.3) is 0 Å². The Bertz CT molecular complexity index is 443. The van der Waals surface area contributed by atoms with E-state index in [1.165, 1.54) is 5.56 Å². The number of aromatic nitrogens is 2. The molecule has 3 nitrogen and oxygen atoms in total. The van der Waals surface area contributed by atoms with E-state index in [1.54, 1.807) is 11.1 Å². The van der Waals surface area contributed by atoms with E-state index >= 15 is 0 Å². The fourth-order valence-corrected chi connectivity index (χ4v) is 1.47. The molecular weight excluding hydrogens is 280 g/mol. The van der Waals surface area contributed by atoms with E-state index in [9.17, 15) is 0 Å². The van der Waals surface area contributed by atoms with E-state index in [0.717, 1.165) is 5.75 Å². The van der Waals surface area contributed by atoms with Crippen molar-refractivity contribution in [1.82, 2.24) is 4.98 Å². The predicted octanol–water partition coefficient (Wildman–Crippen LogP) is -0.554. The highest BCUT2D eigenvalue weighted by Gasteiger charge is 2.13. The van der Waals surface area contributed by atoms with E-state index in [1.807, 2.05) is 24.5 Å². The van der Waals surface area contributed by atoms with Gasteiger partial charge in [0.05, 0.1) is 0 Å². The molecule has 0 fully saturated rings. The SMILES string of the molecule is CC(C)(C)c1ccc(O[n+]2cc[nH]c2)cc1.[Br-]. The van der Waals surface area contributed by atoms with Gasteiger partial charge in [0.15, 0.2) is 11.9 Å². The summed E-state index contributed by atoms with van der Waals surface area (Å²) in [5.41, 5.74) is 1.48. The number of hydrogen-bond acceptors (Lipinski definition) is 1. The quantitative estimate of drug-likeness (QED) is 0.740. The Morgan fingerprint density at radius 2 is 1.76 bits per heavy atom. The number of halogens is 1. The summed E-state index contributed by atoms with van der Waals surface area (Å²) in [4.78, 5) is 8.50. The summed E-state index contributed by atoms with van der Waals surface area (Å²) in [7, 11) is 0. The number of nitrogens with zero attached hydrogens (tertiary/aromatic N) is 1. The number of hydrogen-bond donors (Lipinski definition) is 1. The van der Waals surface area contributed by atoms with Crippen LogP contribution in [0, 0.1) is 0 Å². The van der Waals surface area contributed by atoms with Crippen LogP contribution in [0.1, 0.15) is 26.3 Å². The third-order valence-corrected chi connectivity index (χ3v) is 2.45. The van der Waals surface area contributed by atoms with Crippen LogP contribution in [0.4, 0.5) is 0 Å². The van der Waals surface area contributed by atoms with Crippen LogP contribution in [0.5, 0.6) is 5.75 Å². The highest BCUT2D eigenvalue weighted by atomic mass is 79.9. The Balaban J connectivity index is 0.00000144. The maximum absolute atomic E-state index is 5.57. The van der Waals surface area contributed by atoms with Crippen LogP contribution in [0.15, 0.2) is 43.0 Å². The largest absolute Gasteiger partial charge is 1.00 e. The maximum Gasteiger partial charge on any atom is 0.282 e. The van der Waals surface area contributed by atoms with Crippen LogP contribution in [-0.2, 0) is 5.41 Å². The molecule has 0 atom stereocenters. The van der Waals surface area contributed by atoms with Gasteiger partial charge in [-0.25, -0.2) is 4.98 Å². The zero-order valence-electron chi connectivity index (χ0n) is 10.3. The van der Waals surface area contributed by atoms with Crippen LogP contribution in [0.3, 0.4) is 0 Å². The standard InChI is InChI=1S/C13H16N2O.BrH/c1-13(2,3)11-4-6-12(7-5-11)16-15-9-8-14-10-15;/h4-10H,1-3H3;1H. The fraction of sp³-hybridized carbons (Fsp3) is 0.308. The Morgan fingerprint density at radius 3 is 2.24 bits per heavy atom. The summed E-state index contributed by atoms with van der Waals surface area (Å²) in [6.07, 6.45) is 5.37. The van der Waals surface area contributed by atoms with Crippen LogP contribution in [0.2, 0.25) is 0 Å². The van der Waals surface area contributed by atoms with Crippen LogP contribution in [-0.4, -0.2) is 4.98 Å². The molecule has 0 amide bonds. The Morgan fingerprint density at radius 1 is 1.12 bits per heavy atom. The molecule has 4 heteroatoms. The van der Waals surface area contributed by atoms with E-state index in [0.29, 0.717) is 0 Å². The molecule has 0 saturated carbocycles. The highest BCUT2D eigenvalue weighted by Crippen LogP contribution is 2.23. The fourth-order valence-electron chi connectivity index (χ4n) is 1.47. The second-order valence-corrected chi connectivity index (χ2v) is 4.84. The number of nitrogens with one attached hydrogen (secondary N) is 1. The summed E-state index contributed by atoms with van der Waals surface area (Å²) in [6, 6.07) is 8.17. The minimum Gasteiger partial charge on any atom is -1.00 e. The molecule has 1 aromatic heterocycles. The minimum atomic E-state index is 0. The molecule has 92 valence electrons. The van der Waals surface area contributed by atoms with Gasteiger partial charge < -0.3 is 17.0 Å². The van der Waals surface area contributed by atoms with Crippen molar-refractivity contribution in [3.05, 3.63) is 48.5 Å². The monoisotopic (exact) mass is 296 g/mol. The molecular formula is C13H17BrN2O. The van der Waals surface area contributed by atoms with Crippen molar-refractivity contribution in [2.45, 2.75) is 26.2 Å². The molecule has 1 aromatic carbocycles. The van der Waals surface area contributed by atoms with Gasteiger partial charge in [-0.3, -0.25) is 4.84 Å². The number of rotatable bonds is 2. The average molecular weight is 297 g/mol. The summed E-state index contributed by atoms with van der Waals surface area (Å²) < 4.78 is 1.63. The van der Waals surface area contributed by atoms with Crippen molar-refractivity contribution in [1.29, 1.82) is 0 Å². The third-order valence-electron chi connectivity index (χ3n) is 2.45. The van der Waals surface area contributed by atoms with Gasteiger partial charge in [0.2, 0.25) is 0 Å². The number of H-pyrrole nitrogens is 1. The molecule has 0 aliphatic heterocycles. The van der Waals surface area contributed by atoms with Crippen LogP contribution < -0.4 is 26.5 Å². The van der Waals surface area contributed by atoms with Crippen molar-refractivity contribution < 1.29 is 26.5 Å². The molecule has 0 unspecified atom stereocenters. The average Bonchev–Trinajstić information content (AvgIpc) is 2.70. The van der Waals surface area contributed by atoms with Gasteiger partial charge in [-0.2, -0.15) is 0 Å². The second kappa shape index (κ2) is 5.36. The van der Waals surface area contributed by atoms with Gasteiger partial charge in [0.1, 0.15) is 6.20 Å². The molecule has 1 N–H and O–H groups in total. The van der Waals surface area contributed by atoms with E-state index in [2.05, 4.69) is 37.9 Å². The van der Waals surface area contributed by atoms with Crippen molar-refractivity contribution in [2.24, 2.45) is 0 Å². The van der Waals surface area contributed by atoms with Crippen molar-refractivity contribution in [3.8, 4) is 5.75 Å². The van der Waals surface area contributed by atoms with E-state index < -0.39 is 0 Å². The first-order chi connectivity index (χ1) is 7.55. The van der Waals surface area contributed by atoms with Gasteiger partial charge in [0.25, 0.3) is 6.33 Å². The Labute approximate surface area is 112 Å². The maximum atomic E-state index is 5.57. The van der Waals surface area contributed by atoms with Gasteiger partial charge >= 0.3 is 0 Å². The highest BCUT2D eigenvalue weighted by molar-refractivity contribution is 5.30. The zero-order valence-corrected chi connectivity index (χ0v) is 11.9. The smallest absolute Gasteiger partial charge is 0.282 e. The summed E-state index contributed by atoms with van der Waals surface area (Å²) in [5.74, 6) is 0.831. The van der Waals surface area contributed by atoms with Crippen molar-refractivity contribution in [3.63, 3.8) is 0 Å². The van der Waals surface area contributed by atoms with E-state index in [4.69, 9.17) is 4.84 Å². The molecule has 17 heavy (non-hydrogen) atoms. The molecule has 1 heterocycles. The topological polar surface area (TPSA) is 28.9 Å². The van der Waals surface area contributed by atoms with Gasteiger partial charge in [0, 0.05) is 0 Å². The lowest BCUT2D eigenvalue weighted by Crippen LogP contribution is -3.00. The minimum absolute atomic E-state index is 0. The zero-order chi connectivity index (χ0) is 11.6. The summed E-state index contributed by atoms with van der Waals surface area (Å²) in [5, 5.41) is 0. The first-order valence-electron chi connectivity index (χ1n) is 5.39.